The highest BCUT2D eigenvalue weighted by Gasteiger charge is 2.14. The summed E-state index contributed by atoms with van der Waals surface area (Å²) in [4.78, 5) is 12.1. The maximum Gasteiger partial charge on any atom is 0.255 e. The minimum atomic E-state index is -0.376. The molecule has 0 aliphatic carbocycles. The summed E-state index contributed by atoms with van der Waals surface area (Å²) in [7, 11) is 0. The van der Waals surface area contributed by atoms with E-state index in [1.807, 2.05) is 6.92 Å². The summed E-state index contributed by atoms with van der Waals surface area (Å²) in [6, 6.07) is 10.3. The summed E-state index contributed by atoms with van der Waals surface area (Å²) in [5, 5.41) is 12.9. The second-order valence-electron chi connectivity index (χ2n) is 4.87. The average molecular weight is 308 g/mol. The van der Waals surface area contributed by atoms with E-state index in [0.717, 1.165) is 5.56 Å². The largest absolute Gasteiger partial charge is 0.507 e. The summed E-state index contributed by atoms with van der Waals surface area (Å²) in [5.74, 6) is -0.825. The van der Waals surface area contributed by atoms with Crippen LogP contribution in [0.5, 0.6) is 5.75 Å². The highest BCUT2D eigenvalue weighted by atomic mass is 35.5. The van der Waals surface area contributed by atoms with Crippen LogP contribution in [0.15, 0.2) is 42.5 Å². The first kappa shape index (κ1) is 15.3. The van der Waals surface area contributed by atoms with E-state index in [1.54, 1.807) is 18.2 Å². The number of aromatic hydroxyl groups is 1. The molecule has 1 amide bonds. The van der Waals surface area contributed by atoms with Gasteiger partial charge in [-0.15, -0.1) is 0 Å². The molecule has 2 N–H and O–H groups in total. The van der Waals surface area contributed by atoms with Crippen LogP contribution in [0.2, 0.25) is 5.02 Å². The molecule has 0 saturated carbocycles. The lowest BCUT2D eigenvalue weighted by Crippen LogP contribution is -2.34. The number of carbonyl (C=O) groups excluding carboxylic acids is 1. The van der Waals surface area contributed by atoms with Gasteiger partial charge in [-0.1, -0.05) is 23.7 Å². The van der Waals surface area contributed by atoms with Crippen molar-refractivity contribution in [2.45, 2.75) is 19.4 Å². The number of nitrogens with one attached hydrogen (secondary N) is 1. The number of hydrogen-bond acceptors (Lipinski definition) is 2. The third-order valence-corrected chi connectivity index (χ3v) is 3.27. The van der Waals surface area contributed by atoms with E-state index in [9.17, 15) is 14.3 Å². The molecular formula is C16H15ClFNO2. The zero-order chi connectivity index (χ0) is 15.4. The molecule has 2 rings (SSSR count). The second-order valence-corrected chi connectivity index (χ2v) is 5.30. The smallest absolute Gasteiger partial charge is 0.255 e. The molecule has 2 aromatic rings. The van der Waals surface area contributed by atoms with Gasteiger partial charge in [0.05, 0.1) is 5.56 Å². The first-order valence-corrected chi connectivity index (χ1v) is 6.87. The molecule has 0 saturated heterocycles. The van der Waals surface area contributed by atoms with Gasteiger partial charge in [0.25, 0.3) is 5.91 Å². The Morgan fingerprint density at radius 2 is 1.95 bits per heavy atom. The van der Waals surface area contributed by atoms with Crippen molar-refractivity contribution in [3.05, 3.63) is 64.4 Å². The zero-order valence-corrected chi connectivity index (χ0v) is 12.2. The Morgan fingerprint density at radius 3 is 2.57 bits per heavy atom. The molecular weight excluding hydrogens is 293 g/mol. The minimum absolute atomic E-state index is 0.155. The lowest BCUT2D eigenvalue weighted by Gasteiger charge is -2.14. The molecule has 0 radical (unpaired) electrons. The Morgan fingerprint density at radius 1 is 1.29 bits per heavy atom. The molecule has 2 aromatic carbocycles. The SMILES string of the molecule is CC(Cc1ccc(F)cc1)NC(=O)c1ccc(Cl)cc1O. The van der Waals surface area contributed by atoms with Gasteiger partial charge in [-0.3, -0.25) is 4.79 Å². The van der Waals surface area contributed by atoms with Crippen molar-refractivity contribution in [2.24, 2.45) is 0 Å². The van der Waals surface area contributed by atoms with Crippen LogP contribution < -0.4 is 5.32 Å². The van der Waals surface area contributed by atoms with Crippen molar-refractivity contribution in [3.8, 4) is 5.75 Å². The van der Waals surface area contributed by atoms with Gasteiger partial charge in [0.1, 0.15) is 11.6 Å². The third-order valence-electron chi connectivity index (χ3n) is 3.04. The lowest BCUT2D eigenvalue weighted by molar-refractivity contribution is 0.0937. The number of phenolic OH excluding ortho intramolecular Hbond substituents is 1. The molecule has 0 aliphatic heterocycles. The molecule has 0 heterocycles. The van der Waals surface area contributed by atoms with Crippen LogP contribution in [0, 0.1) is 5.82 Å². The fourth-order valence-corrected chi connectivity index (χ4v) is 2.19. The van der Waals surface area contributed by atoms with Crippen LogP contribution in [0.4, 0.5) is 4.39 Å². The summed E-state index contributed by atoms with van der Waals surface area (Å²) in [6.45, 7) is 1.84. The summed E-state index contributed by atoms with van der Waals surface area (Å²) < 4.78 is 12.8. The molecule has 110 valence electrons. The van der Waals surface area contributed by atoms with Crippen LogP contribution in [0.3, 0.4) is 0 Å². The van der Waals surface area contributed by atoms with E-state index in [1.165, 1.54) is 24.3 Å². The Labute approximate surface area is 127 Å². The summed E-state index contributed by atoms with van der Waals surface area (Å²) >= 11 is 5.73. The van der Waals surface area contributed by atoms with E-state index in [-0.39, 0.29) is 29.1 Å². The molecule has 0 fully saturated rings. The van der Waals surface area contributed by atoms with Crippen molar-refractivity contribution in [3.63, 3.8) is 0 Å². The Kier molecular flexibility index (Phi) is 4.81. The Balaban J connectivity index is 2.00. The Hall–Kier alpha value is -2.07. The van der Waals surface area contributed by atoms with E-state index in [4.69, 9.17) is 11.6 Å². The number of halogens is 2. The van der Waals surface area contributed by atoms with Crippen LogP contribution in [0.25, 0.3) is 0 Å². The number of rotatable bonds is 4. The minimum Gasteiger partial charge on any atom is -0.507 e. The van der Waals surface area contributed by atoms with Gasteiger partial charge in [0, 0.05) is 11.1 Å². The zero-order valence-electron chi connectivity index (χ0n) is 11.4. The highest BCUT2D eigenvalue weighted by molar-refractivity contribution is 6.30. The van der Waals surface area contributed by atoms with Crippen LogP contribution >= 0.6 is 11.6 Å². The van der Waals surface area contributed by atoms with Crippen molar-refractivity contribution >= 4 is 17.5 Å². The van der Waals surface area contributed by atoms with Crippen LogP contribution in [0.1, 0.15) is 22.8 Å². The number of amides is 1. The van der Waals surface area contributed by atoms with E-state index in [0.29, 0.717) is 11.4 Å². The van der Waals surface area contributed by atoms with Gasteiger partial charge in [-0.05, 0) is 49.2 Å². The van der Waals surface area contributed by atoms with E-state index >= 15 is 0 Å². The molecule has 1 unspecified atom stereocenters. The summed E-state index contributed by atoms with van der Waals surface area (Å²) in [6.07, 6.45) is 0.570. The maximum atomic E-state index is 12.8. The van der Waals surface area contributed by atoms with Crippen LogP contribution in [-0.4, -0.2) is 17.1 Å². The van der Waals surface area contributed by atoms with E-state index < -0.39 is 0 Å². The fraction of sp³-hybridized carbons (Fsp3) is 0.188. The quantitative estimate of drug-likeness (QED) is 0.907. The molecule has 21 heavy (non-hydrogen) atoms. The standard InChI is InChI=1S/C16H15ClFNO2/c1-10(8-11-2-5-13(18)6-3-11)19-16(21)14-7-4-12(17)9-15(14)20/h2-7,9-10,20H,8H2,1H3,(H,19,21). The first-order chi connectivity index (χ1) is 9.95. The maximum absolute atomic E-state index is 12.8. The summed E-state index contributed by atoms with van der Waals surface area (Å²) in [5.41, 5.74) is 1.09. The van der Waals surface area contributed by atoms with Crippen molar-refractivity contribution in [1.29, 1.82) is 0 Å². The number of phenols is 1. The van der Waals surface area contributed by atoms with Gasteiger partial charge >= 0.3 is 0 Å². The fourth-order valence-electron chi connectivity index (χ4n) is 2.02. The van der Waals surface area contributed by atoms with Gasteiger partial charge in [-0.2, -0.15) is 0 Å². The topological polar surface area (TPSA) is 49.3 Å². The molecule has 1 atom stereocenters. The predicted molar refractivity (Wildman–Crippen MR) is 80.1 cm³/mol. The molecule has 0 spiro atoms. The molecule has 5 heteroatoms. The Bertz CT molecular complexity index is 643. The number of carbonyl (C=O) groups is 1. The molecule has 0 aliphatic rings. The van der Waals surface area contributed by atoms with Gasteiger partial charge in [0.15, 0.2) is 0 Å². The van der Waals surface area contributed by atoms with Crippen molar-refractivity contribution in [1.82, 2.24) is 5.32 Å². The normalized spacial score (nSPS) is 12.0. The predicted octanol–water partition coefficient (Wildman–Crippen LogP) is 3.55. The van der Waals surface area contributed by atoms with Gasteiger partial charge < -0.3 is 10.4 Å². The highest BCUT2D eigenvalue weighted by Crippen LogP contribution is 2.21. The first-order valence-electron chi connectivity index (χ1n) is 6.49. The van der Waals surface area contributed by atoms with E-state index in [2.05, 4.69) is 5.32 Å². The van der Waals surface area contributed by atoms with Crippen LogP contribution in [-0.2, 0) is 6.42 Å². The van der Waals surface area contributed by atoms with Crippen molar-refractivity contribution in [2.75, 3.05) is 0 Å². The number of hydrogen-bond donors (Lipinski definition) is 2. The molecule has 3 nitrogen and oxygen atoms in total. The monoisotopic (exact) mass is 307 g/mol. The average Bonchev–Trinajstić information content (AvgIpc) is 2.41. The number of benzene rings is 2. The third kappa shape index (κ3) is 4.20. The lowest BCUT2D eigenvalue weighted by atomic mass is 10.1. The van der Waals surface area contributed by atoms with Crippen molar-refractivity contribution < 1.29 is 14.3 Å². The van der Waals surface area contributed by atoms with Gasteiger partial charge in [-0.25, -0.2) is 4.39 Å². The van der Waals surface area contributed by atoms with Gasteiger partial charge in [0.2, 0.25) is 0 Å². The second kappa shape index (κ2) is 6.59. The molecule has 0 aromatic heterocycles. The molecule has 0 bridgehead atoms.